The Morgan fingerprint density at radius 3 is 2.65 bits per heavy atom. The van der Waals surface area contributed by atoms with Crippen molar-refractivity contribution in [1.82, 2.24) is 14.5 Å². The molecule has 0 bridgehead atoms. The van der Waals surface area contributed by atoms with Gasteiger partial charge in [0.1, 0.15) is 0 Å². The molecule has 0 aromatic carbocycles. The first kappa shape index (κ1) is 11.2. The molecule has 1 aliphatic carbocycles. The van der Waals surface area contributed by atoms with Gasteiger partial charge in [-0.2, -0.15) is 0 Å². The van der Waals surface area contributed by atoms with E-state index in [0.29, 0.717) is 12.5 Å². The molecule has 4 heteroatoms. The van der Waals surface area contributed by atoms with Crippen molar-refractivity contribution in [2.45, 2.75) is 38.3 Å². The van der Waals surface area contributed by atoms with Crippen molar-refractivity contribution >= 4 is 0 Å². The minimum atomic E-state index is 0.355. The van der Waals surface area contributed by atoms with Gasteiger partial charge in [-0.3, -0.25) is 4.90 Å². The van der Waals surface area contributed by atoms with Crippen molar-refractivity contribution < 1.29 is 5.11 Å². The van der Waals surface area contributed by atoms with Gasteiger partial charge in [-0.25, -0.2) is 4.98 Å². The number of nitrogens with zero attached hydrogens (tertiary/aromatic N) is 3. The number of likely N-dealkylation sites (tertiary alicyclic amines) is 1. The largest absolute Gasteiger partial charge is 0.396 e. The molecular weight excluding hydrogens is 214 g/mol. The Hall–Kier alpha value is -0.870. The van der Waals surface area contributed by atoms with Crippen LogP contribution in [-0.2, 0) is 6.54 Å². The minimum absolute atomic E-state index is 0.355. The van der Waals surface area contributed by atoms with E-state index in [1.807, 2.05) is 12.5 Å². The van der Waals surface area contributed by atoms with Crippen LogP contribution in [0.5, 0.6) is 0 Å². The lowest BCUT2D eigenvalue weighted by Gasteiger charge is -2.31. The second-order valence-electron chi connectivity index (χ2n) is 5.43. The number of aliphatic hydroxyl groups is 1. The number of hydrogen-bond donors (Lipinski definition) is 1. The van der Waals surface area contributed by atoms with Gasteiger partial charge < -0.3 is 9.67 Å². The first-order valence-corrected chi connectivity index (χ1v) is 6.70. The minimum Gasteiger partial charge on any atom is -0.396 e. The SMILES string of the molecule is OCC1CCN(Cc2cncn2C2CC2)CC1. The van der Waals surface area contributed by atoms with Crippen LogP contribution in [0.25, 0.3) is 0 Å². The molecule has 0 radical (unpaired) electrons. The van der Waals surface area contributed by atoms with Crippen LogP contribution in [-0.4, -0.2) is 39.3 Å². The molecule has 2 fully saturated rings. The zero-order chi connectivity index (χ0) is 11.7. The molecule has 1 aliphatic heterocycles. The number of aromatic nitrogens is 2. The molecule has 1 aromatic heterocycles. The lowest BCUT2D eigenvalue weighted by molar-refractivity contribution is 0.125. The summed E-state index contributed by atoms with van der Waals surface area (Å²) < 4.78 is 2.35. The quantitative estimate of drug-likeness (QED) is 0.858. The summed E-state index contributed by atoms with van der Waals surface area (Å²) in [5.74, 6) is 0.527. The Bertz CT molecular complexity index is 364. The summed E-state index contributed by atoms with van der Waals surface area (Å²) in [6, 6.07) is 0.725. The van der Waals surface area contributed by atoms with Crippen LogP contribution in [0.3, 0.4) is 0 Å². The molecule has 3 rings (SSSR count). The van der Waals surface area contributed by atoms with Crippen LogP contribution in [0.2, 0.25) is 0 Å². The monoisotopic (exact) mass is 235 g/mol. The molecule has 0 atom stereocenters. The van der Waals surface area contributed by atoms with Crippen molar-refractivity contribution in [3.05, 3.63) is 18.2 Å². The summed E-state index contributed by atoms with van der Waals surface area (Å²) >= 11 is 0. The molecule has 1 saturated heterocycles. The fourth-order valence-electron chi connectivity index (χ4n) is 2.69. The number of aliphatic hydroxyl groups excluding tert-OH is 1. The number of hydrogen-bond acceptors (Lipinski definition) is 3. The maximum Gasteiger partial charge on any atom is 0.0951 e. The predicted octanol–water partition coefficient (Wildman–Crippen LogP) is 1.42. The standard InChI is InChI=1S/C13H21N3O/c17-9-11-3-5-15(6-4-11)8-13-7-14-10-16(13)12-1-2-12/h7,10-12,17H,1-6,8-9H2. The van der Waals surface area contributed by atoms with E-state index in [9.17, 15) is 0 Å². The molecule has 17 heavy (non-hydrogen) atoms. The van der Waals surface area contributed by atoms with E-state index in [2.05, 4.69) is 14.5 Å². The van der Waals surface area contributed by atoms with E-state index >= 15 is 0 Å². The molecule has 0 amide bonds. The zero-order valence-electron chi connectivity index (χ0n) is 10.3. The zero-order valence-corrected chi connectivity index (χ0v) is 10.3. The Morgan fingerprint density at radius 1 is 1.24 bits per heavy atom. The van der Waals surface area contributed by atoms with Crippen LogP contribution < -0.4 is 0 Å². The fourth-order valence-corrected chi connectivity index (χ4v) is 2.69. The van der Waals surface area contributed by atoms with Crippen molar-refractivity contribution in [2.24, 2.45) is 5.92 Å². The predicted molar refractivity (Wildman–Crippen MR) is 65.6 cm³/mol. The Labute approximate surface area is 102 Å². The first-order valence-electron chi connectivity index (χ1n) is 6.70. The highest BCUT2D eigenvalue weighted by molar-refractivity contribution is 5.03. The van der Waals surface area contributed by atoms with Gasteiger partial charge in [-0.05, 0) is 44.7 Å². The average molecular weight is 235 g/mol. The summed E-state index contributed by atoms with van der Waals surface area (Å²) in [6.45, 7) is 3.60. The second kappa shape index (κ2) is 4.78. The highest BCUT2D eigenvalue weighted by Gasteiger charge is 2.26. The van der Waals surface area contributed by atoms with Crippen molar-refractivity contribution in [2.75, 3.05) is 19.7 Å². The van der Waals surface area contributed by atoms with Gasteiger partial charge in [-0.15, -0.1) is 0 Å². The van der Waals surface area contributed by atoms with Crippen molar-refractivity contribution in [3.63, 3.8) is 0 Å². The molecule has 0 unspecified atom stereocenters. The lowest BCUT2D eigenvalue weighted by Crippen LogP contribution is -2.34. The van der Waals surface area contributed by atoms with Crippen LogP contribution >= 0.6 is 0 Å². The van der Waals surface area contributed by atoms with Gasteiger partial charge in [0.2, 0.25) is 0 Å². The highest BCUT2D eigenvalue weighted by Crippen LogP contribution is 2.36. The molecule has 2 aliphatic rings. The van der Waals surface area contributed by atoms with E-state index in [4.69, 9.17) is 5.11 Å². The molecular formula is C13H21N3O. The maximum absolute atomic E-state index is 9.13. The van der Waals surface area contributed by atoms with Gasteiger partial charge in [0.25, 0.3) is 0 Å². The Kier molecular flexibility index (Phi) is 3.16. The van der Waals surface area contributed by atoms with Gasteiger partial charge in [0, 0.05) is 25.4 Å². The van der Waals surface area contributed by atoms with E-state index in [1.54, 1.807) is 0 Å². The summed E-state index contributed by atoms with van der Waals surface area (Å²) in [5, 5.41) is 9.13. The highest BCUT2D eigenvalue weighted by atomic mass is 16.3. The molecule has 1 saturated carbocycles. The molecule has 0 spiro atoms. The third-order valence-electron chi connectivity index (χ3n) is 4.04. The molecule has 94 valence electrons. The smallest absolute Gasteiger partial charge is 0.0951 e. The van der Waals surface area contributed by atoms with E-state index in [0.717, 1.165) is 38.5 Å². The van der Waals surface area contributed by atoms with Gasteiger partial charge >= 0.3 is 0 Å². The van der Waals surface area contributed by atoms with E-state index in [1.165, 1.54) is 18.5 Å². The normalized spacial score (nSPS) is 23.1. The molecule has 1 aromatic rings. The van der Waals surface area contributed by atoms with Crippen LogP contribution in [0.1, 0.15) is 37.4 Å². The van der Waals surface area contributed by atoms with Crippen LogP contribution in [0.4, 0.5) is 0 Å². The molecule has 2 heterocycles. The van der Waals surface area contributed by atoms with Crippen molar-refractivity contribution in [1.29, 1.82) is 0 Å². The Morgan fingerprint density at radius 2 is 2.00 bits per heavy atom. The number of piperidine rings is 1. The summed E-state index contributed by atoms with van der Waals surface area (Å²) in [6.07, 6.45) is 8.89. The van der Waals surface area contributed by atoms with Gasteiger partial charge in [0.05, 0.1) is 12.0 Å². The molecule has 1 N–H and O–H groups in total. The van der Waals surface area contributed by atoms with Crippen LogP contribution in [0, 0.1) is 5.92 Å². The summed E-state index contributed by atoms with van der Waals surface area (Å²) in [7, 11) is 0. The van der Waals surface area contributed by atoms with Gasteiger partial charge in [0.15, 0.2) is 0 Å². The lowest BCUT2D eigenvalue weighted by atomic mass is 9.98. The van der Waals surface area contributed by atoms with E-state index < -0.39 is 0 Å². The third-order valence-corrected chi connectivity index (χ3v) is 4.04. The number of rotatable bonds is 4. The van der Waals surface area contributed by atoms with Crippen LogP contribution in [0.15, 0.2) is 12.5 Å². The fraction of sp³-hybridized carbons (Fsp3) is 0.769. The maximum atomic E-state index is 9.13. The van der Waals surface area contributed by atoms with E-state index in [-0.39, 0.29) is 0 Å². The van der Waals surface area contributed by atoms with Gasteiger partial charge in [-0.1, -0.05) is 0 Å². The average Bonchev–Trinajstić information content (AvgIpc) is 3.11. The molecule has 4 nitrogen and oxygen atoms in total. The third kappa shape index (κ3) is 2.53. The van der Waals surface area contributed by atoms with Crippen molar-refractivity contribution in [3.8, 4) is 0 Å². The number of imidazole rings is 1. The first-order chi connectivity index (χ1) is 8.36. The Balaban J connectivity index is 1.58. The summed E-state index contributed by atoms with van der Waals surface area (Å²) in [4.78, 5) is 6.76. The summed E-state index contributed by atoms with van der Waals surface area (Å²) in [5.41, 5.74) is 1.36. The topological polar surface area (TPSA) is 41.3 Å². The second-order valence-corrected chi connectivity index (χ2v) is 5.43.